The van der Waals surface area contributed by atoms with Gasteiger partial charge < -0.3 is 10.1 Å². The topological polar surface area (TPSA) is 21.3 Å². The van der Waals surface area contributed by atoms with Crippen LogP contribution in [0.15, 0.2) is 0 Å². The van der Waals surface area contributed by atoms with E-state index in [4.69, 9.17) is 4.74 Å². The highest BCUT2D eigenvalue weighted by Crippen LogP contribution is 2.60. The molecule has 0 aromatic rings. The van der Waals surface area contributed by atoms with Crippen molar-refractivity contribution in [3.8, 4) is 0 Å². The molecule has 1 heterocycles. The first kappa shape index (κ1) is 11.0. The molecule has 92 valence electrons. The molecule has 1 saturated heterocycles. The highest BCUT2D eigenvalue weighted by Gasteiger charge is 2.53. The summed E-state index contributed by atoms with van der Waals surface area (Å²) in [5.41, 5.74) is 0.750. The highest BCUT2D eigenvalue weighted by molar-refractivity contribution is 5.05. The predicted molar refractivity (Wildman–Crippen MR) is 65.4 cm³/mol. The van der Waals surface area contributed by atoms with E-state index in [1.165, 1.54) is 51.5 Å². The van der Waals surface area contributed by atoms with Crippen molar-refractivity contribution in [2.45, 2.75) is 64.0 Å². The summed E-state index contributed by atoms with van der Waals surface area (Å²) in [6.45, 7) is 4.49. The van der Waals surface area contributed by atoms with Crippen LogP contribution in [-0.2, 0) is 4.74 Å². The van der Waals surface area contributed by atoms with Crippen LogP contribution in [0.25, 0.3) is 0 Å². The zero-order chi connectivity index (χ0) is 11.0. The Morgan fingerprint density at radius 3 is 2.69 bits per heavy atom. The highest BCUT2D eigenvalue weighted by atomic mass is 16.5. The Labute approximate surface area is 99.1 Å². The molecule has 3 aliphatic rings. The minimum atomic E-state index is 0.516. The largest absolute Gasteiger partial charge is 0.378 e. The van der Waals surface area contributed by atoms with Gasteiger partial charge in [0.2, 0.25) is 0 Å². The van der Waals surface area contributed by atoms with Crippen LogP contribution in [0.2, 0.25) is 0 Å². The summed E-state index contributed by atoms with van der Waals surface area (Å²) in [5.74, 6) is 1.09. The molecule has 3 rings (SSSR count). The Morgan fingerprint density at radius 2 is 2.06 bits per heavy atom. The van der Waals surface area contributed by atoms with Crippen LogP contribution in [0.3, 0.4) is 0 Å². The first-order valence-electron chi connectivity index (χ1n) is 7.17. The van der Waals surface area contributed by atoms with E-state index in [1.807, 2.05) is 0 Å². The molecule has 1 aliphatic heterocycles. The summed E-state index contributed by atoms with van der Waals surface area (Å²) < 4.78 is 5.72. The summed E-state index contributed by atoms with van der Waals surface area (Å²) >= 11 is 0. The molecule has 2 aliphatic carbocycles. The maximum Gasteiger partial charge on any atom is 0.0587 e. The van der Waals surface area contributed by atoms with E-state index in [2.05, 4.69) is 12.2 Å². The molecule has 3 fully saturated rings. The van der Waals surface area contributed by atoms with Gasteiger partial charge in [-0.1, -0.05) is 6.92 Å². The molecule has 0 spiro atoms. The molecule has 0 radical (unpaired) electrons. The standard InChI is InChI=1S/C14H25NO/c1-2-13-9-12(5-8-16-13)15-10-14(6-7-14)11-3-4-11/h11-13,15H,2-10H2,1H3. The van der Waals surface area contributed by atoms with Gasteiger partial charge in [-0.25, -0.2) is 0 Å². The average molecular weight is 223 g/mol. The minimum Gasteiger partial charge on any atom is -0.378 e. The van der Waals surface area contributed by atoms with Crippen molar-refractivity contribution in [1.82, 2.24) is 5.32 Å². The second-order valence-electron chi connectivity index (χ2n) is 6.14. The van der Waals surface area contributed by atoms with Crippen LogP contribution in [0, 0.1) is 11.3 Å². The molecule has 2 unspecified atom stereocenters. The van der Waals surface area contributed by atoms with E-state index >= 15 is 0 Å². The van der Waals surface area contributed by atoms with Gasteiger partial charge >= 0.3 is 0 Å². The van der Waals surface area contributed by atoms with Crippen molar-refractivity contribution in [2.75, 3.05) is 13.2 Å². The number of hydrogen-bond donors (Lipinski definition) is 1. The summed E-state index contributed by atoms with van der Waals surface area (Å²) in [4.78, 5) is 0. The third kappa shape index (κ3) is 2.28. The molecule has 2 heteroatoms. The van der Waals surface area contributed by atoms with Crippen molar-refractivity contribution in [3.05, 3.63) is 0 Å². The smallest absolute Gasteiger partial charge is 0.0587 e. The maximum atomic E-state index is 5.72. The lowest BCUT2D eigenvalue weighted by atomic mass is 9.97. The lowest BCUT2D eigenvalue weighted by molar-refractivity contribution is -0.000976. The SMILES string of the molecule is CCC1CC(NCC2(C3CC3)CC2)CCO1. The Morgan fingerprint density at radius 1 is 1.25 bits per heavy atom. The molecule has 1 N–H and O–H groups in total. The summed E-state index contributed by atoms with van der Waals surface area (Å²) in [7, 11) is 0. The van der Waals surface area contributed by atoms with Gasteiger partial charge in [0.05, 0.1) is 6.10 Å². The van der Waals surface area contributed by atoms with Crippen molar-refractivity contribution in [2.24, 2.45) is 11.3 Å². The quantitative estimate of drug-likeness (QED) is 0.774. The monoisotopic (exact) mass is 223 g/mol. The minimum absolute atomic E-state index is 0.516. The van der Waals surface area contributed by atoms with Gasteiger partial charge in [-0.3, -0.25) is 0 Å². The van der Waals surface area contributed by atoms with E-state index in [1.54, 1.807) is 0 Å². The van der Waals surface area contributed by atoms with Crippen LogP contribution in [0.5, 0.6) is 0 Å². The second kappa shape index (κ2) is 4.30. The van der Waals surface area contributed by atoms with Crippen molar-refractivity contribution >= 4 is 0 Å². The number of hydrogen-bond acceptors (Lipinski definition) is 2. The normalized spacial score (nSPS) is 37.3. The van der Waals surface area contributed by atoms with E-state index in [0.29, 0.717) is 6.10 Å². The van der Waals surface area contributed by atoms with Crippen LogP contribution in [-0.4, -0.2) is 25.3 Å². The zero-order valence-corrected chi connectivity index (χ0v) is 10.5. The Balaban J connectivity index is 1.44. The average Bonchev–Trinajstić information content (AvgIpc) is 3.17. The van der Waals surface area contributed by atoms with Gasteiger partial charge in [0.25, 0.3) is 0 Å². The lowest BCUT2D eigenvalue weighted by Crippen LogP contribution is -2.41. The molecule has 0 aromatic carbocycles. The first-order valence-corrected chi connectivity index (χ1v) is 7.17. The summed E-state index contributed by atoms with van der Waals surface area (Å²) in [6, 6.07) is 0.731. The Hall–Kier alpha value is -0.0800. The fraction of sp³-hybridized carbons (Fsp3) is 1.00. The summed E-state index contributed by atoms with van der Waals surface area (Å²) in [6.07, 6.45) is 10.1. The molecule has 2 saturated carbocycles. The van der Waals surface area contributed by atoms with Gasteiger partial charge in [0, 0.05) is 19.2 Å². The molecule has 2 atom stereocenters. The number of rotatable bonds is 5. The maximum absolute atomic E-state index is 5.72. The number of ether oxygens (including phenoxy) is 1. The molecule has 0 aromatic heterocycles. The Kier molecular flexibility index (Phi) is 2.97. The van der Waals surface area contributed by atoms with E-state index in [-0.39, 0.29) is 0 Å². The van der Waals surface area contributed by atoms with Crippen molar-refractivity contribution in [1.29, 1.82) is 0 Å². The van der Waals surface area contributed by atoms with Gasteiger partial charge in [0.15, 0.2) is 0 Å². The molecular weight excluding hydrogens is 198 g/mol. The molecule has 2 nitrogen and oxygen atoms in total. The zero-order valence-electron chi connectivity index (χ0n) is 10.5. The van der Waals surface area contributed by atoms with Crippen molar-refractivity contribution < 1.29 is 4.74 Å². The van der Waals surface area contributed by atoms with Gasteiger partial charge in [0.1, 0.15) is 0 Å². The number of nitrogens with one attached hydrogen (secondary N) is 1. The first-order chi connectivity index (χ1) is 7.82. The fourth-order valence-corrected chi connectivity index (χ4v) is 3.28. The second-order valence-corrected chi connectivity index (χ2v) is 6.14. The molecular formula is C14H25NO. The van der Waals surface area contributed by atoms with Gasteiger partial charge in [-0.05, 0) is 56.3 Å². The lowest BCUT2D eigenvalue weighted by Gasteiger charge is -2.31. The molecule has 16 heavy (non-hydrogen) atoms. The van der Waals surface area contributed by atoms with Crippen molar-refractivity contribution in [3.63, 3.8) is 0 Å². The third-order valence-electron chi connectivity index (χ3n) is 4.90. The van der Waals surface area contributed by atoms with Crippen LogP contribution < -0.4 is 5.32 Å². The van der Waals surface area contributed by atoms with E-state index in [0.717, 1.165) is 24.0 Å². The fourth-order valence-electron chi connectivity index (χ4n) is 3.28. The van der Waals surface area contributed by atoms with Crippen LogP contribution in [0.4, 0.5) is 0 Å². The molecule has 0 bridgehead atoms. The summed E-state index contributed by atoms with van der Waals surface area (Å²) in [5, 5.41) is 3.83. The van der Waals surface area contributed by atoms with E-state index in [9.17, 15) is 0 Å². The van der Waals surface area contributed by atoms with Gasteiger partial charge in [-0.15, -0.1) is 0 Å². The third-order valence-corrected chi connectivity index (χ3v) is 4.90. The van der Waals surface area contributed by atoms with E-state index < -0.39 is 0 Å². The Bertz CT molecular complexity index is 245. The molecule has 0 amide bonds. The van der Waals surface area contributed by atoms with Crippen LogP contribution in [0.1, 0.15) is 51.9 Å². The predicted octanol–water partition coefficient (Wildman–Crippen LogP) is 2.72. The van der Waals surface area contributed by atoms with Gasteiger partial charge in [-0.2, -0.15) is 0 Å². The van der Waals surface area contributed by atoms with Crippen LogP contribution >= 0.6 is 0 Å².